The summed E-state index contributed by atoms with van der Waals surface area (Å²) in [5, 5.41) is 12.0. The van der Waals surface area contributed by atoms with Crippen LogP contribution in [0.5, 0.6) is 0 Å². The van der Waals surface area contributed by atoms with Gasteiger partial charge in [0.2, 0.25) is 0 Å². The topological polar surface area (TPSA) is 81.2 Å². The van der Waals surface area contributed by atoms with E-state index in [4.69, 9.17) is 5.73 Å². The zero-order valence-electron chi connectivity index (χ0n) is 4.42. The molecule has 0 unspecified atom stereocenters. The molecule has 0 amide bonds. The second-order valence-corrected chi connectivity index (χ2v) is 1.12. The van der Waals surface area contributed by atoms with Crippen molar-refractivity contribution in [3.05, 3.63) is 22.1 Å². The smallest absolute Gasteiger partial charge is 0.273 e. The van der Waals surface area contributed by atoms with Gasteiger partial charge in [0.1, 0.15) is 0 Å². The highest BCUT2D eigenvalue weighted by atomic mass is 16.6. The van der Waals surface area contributed by atoms with Gasteiger partial charge >= 0.3 is 0 Å². The average molecular weight is 117 g/mol. The summed E-state index contributed by atoms with van der Waals surface area (Å²) in [6.07, 6.45) is 0.694. The van der Waals surface area contributed by atoms with E-state index in [0.717, 1.165) is 0 Å². The maximum atomic E-state index is 9.58. The number of nitro groups is 1. The van der Waals surface area contributed by atoms with Gasteiger partial charge in [0.15, 0.2) is 5.82 Å². The molecule has 0 aromatic carbocycles. The standard InChI is InChI=1S/C3H7N3O2/c1-5-3(4)2-6(7)8/h2,5H,4H2,1H3/b3-2-. The third-order valence-corrected chi connectivity index (χ3v) is 0.533. The van der Waals surface area contributed by atoms with E-state index < -0.39 is 4.92 Å². The van der Waals surface area contributed by atoms with Gasteiger partial charge in [0.05, 0.1) is 4.92 Å². The fourth-order valence-electron chi connectivity index (χ4n) is 0.178. The van der Waals surface area contributed by atoms with Gasteiger partial charge in [-0.25, -0.2) is 0 Å². The monoisotopic (exact) mass is 117 g/mol. The van der Waals surface area contributed by atoms with Crippen LogP contribution in [0.4, 0.5) is 0 Å². The van der Waals surface area contributed by atoms with Crippen LogP contribution in [-0.2, 0) is 0 Å². The minimum absolute atomic E-state index is 0.0509. The molecule has 3 N–H and O–H groups in total. The van der Waals surface area contributed by atoms with Crippen molar-refractivity contribution in [2.75, 3.05) is 7.05 Å². The van der Waals surface area contributed by atoms with Gasteiger partial charge in [-0.2, -0.15) is 0 Å². The van der Waals surface area contributed by atoms with E-state index >= 15 is 0 Å². The largest absolute Gasteiger partial charge is 0.380 e. The summed E-state index contributed by atoms with van der Waals surface area (Å²) in [7, 11) is 1.51. The Morgan fingerprint density at radius 1 is 2.00 bits per heavy atom. The Hall–Kier alpha value is -1.26. The van der Waals surface area contributed by atoms with Crippen LogP contribution in [0.3, 0.4) is 0 Å². The van der Waals surface area contributed by atoms with Crippen LogP contribution in [0.1, 0.15) is 0 Å². The molecule has 0 spiro atoms. The SMILES string of the molecule is CN/C(N)=C\[N+](=O)[O-]. The molecule has 0 aliphatic rings. The number of hydrogen-bond donors (Lipinski definition) is 2. The Morgan fingerprint density at radius 2 is 2.50 bits per heavy atom. The summed E-state index contributed by atoms with van der Waals surface area (Å²) in [6.45, 7) is 0. The zero-order valence-corrected chi connectivity index (χ0v) is 4.42. The summed E-state index contributed by atoms with van der Waals surface area (Å²) in [5.74, 6) is 0.0509. The van der Waals surface area contributed by atoms with Gasteiger partial charge in [-0.3, -0.25) is 10.1 Å². The highest BCUT2D eigenvalue weighted by Crippen LogP contribution is 1.73. The molecule has 0 heterocycles. The van der Waals surface area contributed by atoms with Crippen molar-refractivity contribution < 1.29 is 4.92 Å². The number of nitrogens with one attached hydrogen (secondary N) is 1. The lowest BCUT2D eigenvalue weighted by Gasteiger charge is -1.90. The van der Waals surface area contributed by atoms with Crippen molar-refractivity contribution in [2.24, 2.45) is 5.73 Å². The van der Waals surface area contributed by atoms with Gasteiger partial charge < -0.3 is 11.1 Å². The molecular weight excluding hydrogens is 110 g/mol. The third-order valence-electron chi connectivity index (χ3n) is 0.533. The van der Waals surface area contributed by atoms with Crippen molar-refractivity contribution >= 4 is 0 Å². The Labute approximate surface area is 46.3 Å². The average Bonchev–Trinajstić information content (AvgIpc) is 1.65. The predicted octanol–water partition coefficient (Wildman–Crippen LogP) is -0.760. The second kappa shape index (κ2) is 2.84. The summed E-state index contributed by atoms with van der Waals surface area (Å²) in [5.41, 5.74) is 4.98. The highest BCUT2D eigenvalue weighted by molar-refractivity contribution is 4.84. The molecule has 5 nitrogen and oxygen atoms in total. The van der Waals surface area contributed by atoms with Crippen molar-refractivity contribution in [1.82, 2.24) is 5.32 Å². The fourth-order valence-corrected chi connectivity index (χ4v) is 0.178. The molecule has 0 radical (unpaired) electrons. The number of nitrogens with two attached hydrogens (primary N) is 1. The van der Waals surface area contributed by atoms with Crippen LogP contribution < -0.4 is 11.1 Å². The summed E-state index contributed by atoms with van der Waals surface area (Å²) >= 11 is 0. The van der Waals surface area contributed by atoms with Crippen LogP contribution in [0.15, 0.2) is 12.0 Å². The van der Waals surface area contributed by atoms with Crippen molar-refractivity contribution in [3.63, 3.8) is 0 Å². The molecule has 0 saturated carbocycles. The van der Waals surface area contributed by atoms with E-state index in [2.05, 4.69) is 5.32 Å². The Kier molecular flexibility index (Phi) is 2.39. The number of hydrogen-bond acceptors (Lipinski definition) is 4. The van der Waals surface area contributed by atoms with Crippen LogP contribution in [0.25, 0.3) is 0 Å². The lowest BCUT2D eigenvalue weighted by molar-refractivity contribution is -0.403. The van der Waals surface area contributed by atoms with Gasteiger partial charge in [0, 0.05) is 7.05 Å². The third kappa shape index (κ3) is 2.95. The first-order valence-corrected chi connectivity index (χ1v) is 1.95. The maximum absolute atomic E-state index is 9.58. The summed E-state index contributed by atoms with van der Waals surface area (Å²) in [6, 6.07) is 0. The molecule has 8 heavy (non-hydrogen) atoms. The molecule has 0 aliphatic heterocycles. The van der Waals surface area contributed by atoms with Crippen molar-refractivity contribution in [3.8, 4) is 0 Å². The maximum Gasteiger partial charge on any atom is 0.273 e. The lowest BCUT2D eigenvalue weighted by atomic mass is 10.8. The molecule has 46 valence electrons. The summed E-state index contributed by atoms with van der Waals surface area (Å²) in [4.78, 5) is 8.96. The molecular formula is C3H7N3O2. The van der Waals surface area contributed by atoms with Crippen LogP contribution in [0, 0.1) is 10.1 Å². The highest BCUT2D eigenvalue weighted by Gasteiger charge is 1.89. The van der Waals surface area contributed by atoms with E-state index in [-0.39, 0.29) is 5.82 Å². The molecule has 0 rings (SSSR count). The van der Waals surface area contributed by atoms with Crippen LogP contribution in [0.2, 0.25) is 0 Å². The number of rotatable bonds is 2. The first-order valence-electron chi connectivity index (χ1n) is 1.95. The van der Waals surface area contributed by atoms with E-state index in [0.29, 0.717) is 6.20 Å². The first kappa shape index (κ1) is 6.74. The van der Waals surface area contributed by atoms with Crippen molar-refractivity contribution in [2.45, 2.75) is 0 Å². The van der Waals surface area contributed by atoms with Crippen molar-refractivity contribution in [1.29, 1.82) is 0 Å². The number of nitrogens with zero attached hydrogens (tertiary/aromatic N) is 1. The molecule has 0 aromatic rings. The van der Waals surface area contributed by atoms with E-state index in [1.165, 1.54) is 7.05 Å². The minimum Gasteiger partial charge on any atom is -0.380 e. The normalized spacial score (nSPS) is 10.9. The summed E-state index contributed by atoms with van der Waals surface area (Å²) < 4.78 is 0. The van der Waals surface area contributed by atoms with E-state index in [9.17, 15) is 10.1 Å². The predicted molar refractivity (Wildman–Crippen MR) is 28.3 cm³/mol. The molecule has 0 saturated heterocycles. The zero-order chi connectivity index (χ0) is 6.57. The van der Waals surface area contributed by atoms with Gasteiger partial charge in [-0.05, 0) is 0 Å². The molecule has 0 atom stereocenters. The molecule has 0 fully saturated rings. The van der Waals surface area contributed by atoms with E-state index in [1.54, 1.807) is 0 Å². The molecule has 5 heteroatoms. The molecule has 0 aromatic heterocycles. The van der Waals surface area contributed by atoms with Gasteiger partial charge in [-0.1, -0.05) is 0 Å². The van der Waals surface area contributed by atoms with Crippen LogP contribution >= 0.6 is 0 Å². The molecule has 0 aliphatic carbocycles. The van der Waals surface area contributed by atoms with Crippen LogP contribution in [-0.4, -0.2) is 12.0 Å². The Bertz CT molecular complexity index is 120. The fraction of sp³-hybridized carbons (Fsp3) is 0.333. The quantitative estimate of drug-likeness (QED) is 0.368. The minimum atomic E-state index is -0.619. The second-order valence-electron chi connectivity index (χ2n) is 1.12. The lowest BCUT2D eigenvalue weighted by Crippen LogP contribution is -2.15. The Morgan fingerprint density at radius 3 is 2.62 bits per heavy atom. The first-order chi connectivity index (χ1) is 3.66. The molecule has 0 bridgehead atoms. The Balaban J connectivity index is 3.75. The van der Waals surface area contributed by atoms with Gasteiger partial charge in [-0.15, -0.1) is 0 Å². The van der Waals surface area contributed by atoms with Gasteiger partial charge in [0.25, 0.3) is 6.20 Å². The van der Waals surface area contributed by atoms with E-state index in [1.807, 2.05) is 0 Å².